The molecule has 0 N–H and O–H groups in total. The monoisotopic (exact) mass is 443 g/mol. The van der Waals surface area contributed by atoms with E-state index in [4.69, 9.17) is 9.40 Å². The van der Waals surface area contributed by atoms with Gasteiger partial charge in [0.2, 0.25) is 5.91 Å². The Hall–Kier alpha value is -2.32. The molecule has 3 aromatic rings. The van der Waals surface area contributed by atoms with Crippen molar-refractivity contribution in [3.63, 3.8) is 0 Å². The lowest BCUT2D eigenvalue weighted by Gasteiger charge is -2.39. The number of carbonyl (C=O) groups excluding carboxylic acids is 1. The first-order valence-corrected chi connectivity index (χ1v) is 12.0. The number of thiophene rings is 1. The predicted molar refractivity (Wildman–Crippen MR) is 122 cm³/mol. The van der Waals surface area contributed by atoms with E-state index in [2.05, 4.69) is 20.4 Å². The number of likely N-dealkylation sites (tertiary alicyclic amines) is 1. The van der Waals surface area contributed by atoms with Gasteiger partial charge >= 0.3 is 0 Å². The molecule has 0 aromatic carbocycles. The van der Waals surface area contributed by atoms with Crippen LogP contribution in [0.4, 0.5) is 0 Å². The van der Waals surface area contributed by atoms with Crippen LogP contribution in [-0.4, -0.2) is 38.2 Å². The molecule has 3 aromatic heterocycles. The molecule has 1 fully saturated rings. The molecule has 0 aliphatic carbocycles. The van der Waals surface area contributed by atoms with E-state index in [1.165, 1.54) is 23.1 Å². The van der Waals surface area contributed by atoms with E-state index in [0.717, 1.165) is 24.8 Å². The summed E-state index contributed by atoms with van der Waals surface area (Å²) in [7, 11) is 0. The first kappa shape index (κ1) is 20.9. The summed E-state index contributed by atoms with van der Waals surface area (Å²) in [4.78, 5) is 33.6. The quantitative estimate of drug-likeness (QED) is 0.311. The van der Waals surface area contributed by atoms with E-state index < -0.39 is 0 Å². The number of amides is 1. The third-order valence-corrected chi connectivity index (χ3v) is 7.40. The molecule has 0 bridgehead atoms. The molecule has 0 saturated carbocycles. The summed E-state index contributed by atoms with van der Waals surface area (Å²) in [5, 5.41) is 2.99. The Kier molecular flexibility index (Phi) is 6.15. The summed E-state index contributed by atoms with van der Waals surface area (Å²) in [5.74, 6) is 1.01. The standard InChI is InChI=1S/C22H25N3O3S2/c1-4-10-24-21(27)19-16(17-9-6-11-28-17)12-29-20(19)23-22(24)30-13-18(26)25-14(2)7-5-8-15(25)3/h4,6,9,11-12,14-15H,1,5,7-8,10,13H2,2-3H3/t14-,15+. The van der Waals surface area contributed by atoms with Gasteiger partial charge in [-0.1, -0.05) is 17.8 Å². The molecule has 6 nitrogen and oxygen atoms in total. The molecule has 1 aliphatic rings. The van der Waals surface area contributed by atoms with E-state index in [9.17, 15) is 9.59 Å². The molecule has 1 amide bonds. The van der Waals surface area contributed by atoms with Crippen LogP contribution in [0.15, 0.2) is 50.8 Å². The van der Waals surface area contributed by atoms with Crippen LogP contribution in [0.3, 0.4) is 0 Å². The lowest BCUT2D eigenvalue weighted by Crippen LogP contribution is -2.48. The van der Waals surface area contributed by atoms with Gasteiger partial charge in [-0.15, -0.1) is 17.9 Å². The van der Waals surface area contributed by atoms with Crippen molar-refractivity contribution in [2.75, 3.05) is 5.75 Å². The van der Waals surface area contributed by atoms with Gasteiger partial charge < -0.3 is 9.32 Å². The number of hydrogen-bond acceptors (Lipinski definition) is 6. The smallest absolute Gasteiger partial charge is 0.263 e. The molecule has 8 heteroatoms. The normalized spacial score (nSPS) is 19.3. The molecule has 1 saturated heterocycles. The van der Waals surface area contributed by atoms with Gasteiger partial charge in [-0.25, -0.2) is 4.98 Å². The molecule has 0 radical (unpaired) electrons. The Morgan fingerprint density at radius 3 is 2.83 bits per heavy atom. The van der Waals surface area contributed by atoms with Gasteiger partial charge in [-0.3, -0.25) is 14.2 Å². The second kappa shape index (κ2) is 8.81. The summed E-state index contributed by atoms with van der Waals surface area (Å²) >= 11 is 2.74. The minimum Gasteiger partial charge on any atom is -0.464 e. The number of rotatable bonds is 6. The Morgan fingerprint density at radius 2 is 2.17 bits per heavy atom. The summed E-state index contributed by atoms with van der Waals surface area (Å²) in [6.45, 7) is 8.33. The first-order valence-electron chi connectivity index (χ1n) is 10.1. The second-order valence-corrected chi connectivity index (χ2v) is 9.42. The van der Waals surface area contributed by atoms with Crippen molar-refractivity contribution in [2.24, 2.45) is 0 Å². The maximum Gasteiger partial charge on any atom is 0.263 e. The number of nitrogens with zero attached hydrogens (tertiary/aromatic N) is 3. The minimum absolute atomic E-state index is 0.0988. The predicted octanol–water partition coefficient (Wildman–Crippen LogP) is 4.79. The number of piperidine rings is 1. The lowest BCUT2D eigenvalue weighted by molar-refractivity contribution is -0.134. The van der Waals surface area contributed by atoms with Crippen LogP contribution in [0.25, 0.3) is 21.5 Å². The highest BCUT2D eigenvalue weighted by Crippen LogP contribution is 2.32. The van der Waals surface area contributed by atoms with E-state index in [1.54, 1.807) is 23.0 Å². The number of thioether (sulfide) groups is 1. The van der Waals surface area contributed by atoms with Crippen LogP contribution in [0, 0.1) is 0 Å². The zero-order chi connectivity index (χ0) is 21.3. The molecule has 30 heavy (non-hydrogen) atoms. The van der Waals surface area contributed by atoms with E-state index >= 15 is 0 Å². The van der Waals surface area contributed by atoms with Gasteiger partial charge in [0.05, 0.1) is 17.4 Å². The molecule has 1 aliphatic heterocycles. The Labute approximate surface area is 183 Å². The molecule has 4 rings (SSSR count). The van der Waals surface area contributed by atoms with Crippen LogP contribution in [0.5, 0.6) is 0 Å². The molecule has 2 atom stereocenters. The number of furan rings is 1. The highest BCUT2D eigenvalue weighted by atomic mass is 32.2. The summed E-state index contributed by atoms with van der Waals surface area (Å²) in [6.07, 6.45) is 6.50. The summed E-state index contributed by atoms with van der Waals surface area (Å²) < 4.78 is 7.09. The van der Waals surface area contributed by atoms with Crippen molar-refractivity contribution in [1.29, 1.82) is 0 Å². The van der Waals surface area contributed by atoms with Gasteiger partial charge in [0.15, 0.2) is 5.16 Å². The van der Waals surface area contributed by atoms with Crippen molar-refractivity contribution in [1.82, 2.24) is 14.5 Å². The zero-order valence-electron chi connectivity index (χ0n) is 17.2. The van der Waals surface area contributed by atoms with Crippen LogP contribution in [0.2, 0.25) is 0 Å². The number of hydrogen-bond donors (Lipinski definition) is 0. The van der Waals surface area contributed by atoms with Crippen molar-refractivity contribution >= 4 is 39.2 Å². The molecule has 0 unspecified atom stereocenters. The summed E-state index contributed by atoms with van der Waals surface area (Å²) in [6, 6.07) is 4.13. The Balaban J connectivity index is 1.65. The van der Waals surface area contributed by atoms with Crippen LogP contribution in [0.1, 0.15) is 33.1 Å². The number of allylic oxidation sites excluding steroid dienone is 1. The van der Waals surface area contributed by atoms with E-state index in [-0.39, 0.29) is 29.3 Å². The summed E-state index contributed by atoms with van der Waals surface area (Å²) in [5.41, 5.74) is 0.612. The average Bonchev–Trinajstić information content (AvgIpc) is 3.38. The highest BCUT2D eigenvalue weighted by molar-refractivity contribution is 7.99. The van der Waals surface area contributed by atoms with Crippen molar-refractivity contribution in [2.45, 2.75) is 56.9 Å². The molecular weight excluding hydrogens is 418 g/mol. The van der Waals surface area contributed by atoms with Crippen molar-refractivity contribution in [3.8, 4) is 11.3 Å². The number of carbonyl (C=O) groups is 1. The topological polar surface area (TPSA) is 68.3 Å². The van der Waals surface area contributed by atoms with Gasteiger partial charge in [-0.2, -0.15) is 0 Å². The number of fused-ring (bicyclic) bond motifs is 1. The Bertz CT molecular complexity index is 1110. The van der Waals surface area contributed by atoms with Crippen LogP contribution < -0.4 is 5.56 Å². The van der Waals surface area contributed by atoms with Crippen molar-refractivity contribution in [3.05, 3.63) is 46.8 Å². The fourth-order valence-corrected chi connectivity index (χ4v) is 5.98. The van der Waals surface area contributed by atoms with Crippen LogP contribution >= 0.6 is 23.1 Å². The molecule has 4 heterocycles. The first-order chi connectivity index (χ1) is 14.5. The maximum absolute atomic E-state index is 13.3. The Morgan fingerprint density at radius 1 is 1.40 bits per heavy atom. The number of aromatic nitrogens is 2. The molecule has 0 spiro atoms. The second-order valence-electron chi connectivity index (χ2n) is 7.62. The van der Waals surface area contributed by atoms with Gasteiger partial charge in [0.25, 0.3) is 5.56 Å². The molecule has 158 valence electrons. The average molecular weight is 444 g/mol. The fourth-order valence-electron chi connectivity index (χ4n) is 4.13. The third-order valence-electron chi connectivity index (χ3n) is 5.56. The third kappa shape index (κ3) is 3.86. The van der Waals surface area contributed by atoms with E-state index in [0.29, 0.717) is 27.7 Å². The van der Waals surface area contributed by atoms with Crippen LogP contribution in [-0.2, 0) is 11.3 Å². The highest BCUT2D eigenvalue weighted by Gasteiger charge is 2.29. The SMILES string of the molecule is C=CCn1c(SCC(=O)N2[C@H](C)CCC[C@@H]2C)nc2scc(-c3ccco3)c2c1=O. The zero-order valence-corrected chi connectivity index (χ0v) is 18.8. The largest absolute Gasteiger partial charge is 0.464 e. The van der Waals surface area contributed by atoms with E-state index in [1.807, 2.05) is 16.3 Å². The van der Waals surface area contributed by atoms with Crippen molar-refractivity contribution < 1.29 is 9.21 Å². The van der Waals surface area contributed by atoms with Gasteiger partial charge in [-0.05, 0) is 45.2 Å². The fraction of sp³-hybridized carbons (Fsp3) is 0.409. The lowest BCUT2D eigenvalue weighted by atomic mass is 9.98. The van der Waals surface area contributed by atoms with Gasteiger partial charge in [0.1, 0.15) is 10.6 Å². The molecular formula is C22H25N3O3S2. The maximum atomic E-state index is 13.3. The van der Waals surface area contributed by atoms with Gasteiger partial charge in [0, 0.05) is 29.6 Å². The minimum atomic E-state index is -0.137.